The van der Waals surface area contributed by atoms with Gasteiger partial charge in [-0.3, -0.25) is 4.79 Å². The van der Waals surface area contributed by atoms with Crippen molar-refractivity contribution in [2.24, 2.45) is 0 Å². The summed E-state index contributed by atoms with van der Waals surface area (Å²) in [7, 11) is -3.96. The highest BCUT2D eigenvalue weighted by Gasteiger charge is 2.31. The van der Waals surface area contributed by atoms with E-state index in [1.807, 2.05) is 0 Å². The van der Waals surface area contributed by atoms with Gasteiger partial charge in [0.25, 0.3) is 0 Å². The molecule has 0 bridgehead atoms. The molecule has 1 heterocycles. The van der Waals surface area contributed by atoms with E-state index in [-0.39, 0.29) is 10.9 Å². The normalized spacial score (nSPS) is 21.6. The van der Waals surface area contributed by atoms with E-state index in [2.05, 4.69) is 9.50 Å². The van der Waals surface area contributed by atoms with Gasteiger partial charge >= 0.3 is 16.1 Å². The predicted molar refractivity (Wildman–Crippen MR) is 68.6 cm³/mol. The molecule has 1 rings (SSSR count). The number of hydrogen-bond donors (Lipinski definition) is 1. The second-order valence-corrected chi connectivity index (χ2v) is 7.31. The summed E-state index contributed by atoms with van der Waals surface area (Å²) in [4.78, 5) is 22.3. The van der Waals surface area contributed by atoms with Crippen LogP contribution >= 0.6 is 11.8 Å². The third-order valence-corrected chi connectivity index (χ3v) is 5.39. The molecule has 0 aromatic carbocycles. The SMILES string of the molecule is CC(=O)SCC(C)S(=O)(=O)OC(=O)[C@@H]1CCCN1. The molecule has 1 fully saturated rings. The lowest BCUT2D eigenvalue weighted by Crippen LogP contribution is -2.36. The van der Waals surface area contributed by atoms with E-state index in [1.54, 1.807) is 0 Å². The van der Waals surface area contributed by atoms with E-state index in [1.165, 1.54) is 13.8 Å². The Labute approximate surface area is 111 Å². The summed E-state index contributed by atoms with van der Waals surface area (Å²) in [5.41, 5.74) is 0. The number of rotatable bonds is 5. The molecule has 0 aliphatic carbocycles. The van der Waals surface area contributed by atoms with Crippen LogP contribution < -0.4 is 5.32 Å². The number of hydrogen-bond acceptors (Lipinski definition) is 7. The summed E-state index contributed by atoms with van der Waals surface area (Å²) >= 11 is 0.901. The van der Waals surface area contributed by atoms with Crippen molar-refractivity contribution in [1.29, 1.82) is 0 Å². The highest BCUT2D eigenvalue weighted by molar-refractivity contribution is 8.14. The Bertz CT molecular complexity index is 414. The molecule has 0 radical (unpaired) electrons. The van der Waals surface area contributed by atoms with Crippen molar-refractivity contribution in [3.05, 3.63) is 0 Å². The van der Waals surface area contributed by atoms with Crippen molar-refractivity contribution in [3.63, 3.8) is 0 Å². The van der Waals surface area contributed by atoms with Crippen LogP contribution in [0.5, 0.6) is 0 Å². The van der Waals surface area contributed by atoms with E-state index >= 15 is 0 Å². The van der Waals surface area contributed by atoms with E-state index in [9.17, 15) is 18.0 Å². The zero-order valence-corrected chi connectivity index (χ0v) is 12.0. The largest absolute Gasteiger partial charge is 0.344 e. The van der Waals surface area contributed by atoms with Crippen LogP contribution in [-0.4, -0.2) is 43.1 Å². The Morgan fingerprint density at radius 1 is 1.50 bits per heavy atom. The molecule has 0 amide bonds. The van der Waals surface area contributed by atoms with Gasteiger partial charge in [-0.05, 0) is 26.3 Å². The van der Waals surface area contributed by atoms with Gasteiger partial charge in [-0.15, -0.1) is 0 Å². The van der Waals surface area contributed by atoms with Crippen molar-refractivity contribution in [1.82, 2.24) is 5.32 Å². The quantitative estimate of drug-likeness (QED) is 0.729. The standard InChI is InChI=1S/C10H17NO5S2/c1-7(6-17-8(2)12)18(14,15)16-10(13)9-4-3-5-11-9/h7,9,11H,3-6H2,1-2H3/t7?,9-/m0/s1. The van der Waals surface area contributed by atoms with Gasteiger partial charge in [0.2, 0.25) is 0 Å². The van der Waals surface area contributed by atoms with Crippen molar-refractivity contribution < 1.29 is 22.2 Å². The van der Waals surface area contributed by atoms with Crippen LogP contribution in [0.25, 0.3) is 0 Å². The maximum Gasteiger partial charge on any atom is 0.338 e. The summed E-state index contributed by atoms with van der Waals surface area (Å²) in [6.07, 6.45) is 1.42. The number of thioether (sulfide) groups is 1. The predicted octanol–water partition coefficient (Wildman–Crippen LogP) is 0.280. The van der Waals surface area contributed by atoms with Crippen LogP contribution in [0.4, 0.5) is 0 Å². The third-order valence-electron chi connectivity index (χ3n) is 2.56. The Kier molecular flexibility index (Phi) is 5.61. The number of nitrogens with one attached hydrogen (secondary N) is 1. The zero-order chi connectivity index (χ0) is 13.8. The van der Waals surface area contributed by atoms with E-state index in [4.69, 9.17) is 0 Å². The van der Waals surface area contributed by atoms with Crippen LogP contribution in [-0.2, 0) is 23.9 Å². The van der Waals surface area contributed by atoms with Gasteiger partial charge in [0, 0.05) is 12.7 Å². The molecule has 2 atom stereocenters. The fraction of sp³-hybridized carbons (Fsp3) is 0.800. The first kappa shape index (κ1) is 15.5. The molecule has 0 aromatic rings. The molecule has 0 saturated carbocycles. The molecular weight excluding hydrogens is 278 g/mol. The van der Waals surface area contributed by atoms with Crippen molar-refractivity contribution in [2.75, 3.05) is 12.3 Å². The molecule has 1 N–H and O–H groups in total. The van der Waals surface area contributed by atoms with E-state index in [0.29, 0.717) is 13.0 Å². The summed E-state index contributed by atoms with van der Waals surface area (Å²) < 4.78 is 28.0. The van der Waals surface area contributed by atoms with Crippen molar-refractivity contribution >= 4 is 33.0 Å². The lowest BCUT2D eigenvalue weighted by atomic mass is 10.2. The zero-order valence-electron chi connectivity index (χ0n) is 10.3. The highest BCUT2D eigenvalue weighted by Crippen LogP contribution is 2.15. The minimum Gasteiger partial charge on any atom is -0.344 e. The van der Waals surface area contributed by atoms with Gasteiger partial charge in [0.15, 0.2) is 5.12 Å². The summed E-state index contributed by atoms with van der Waals surface area (Å²) in [5, 5.41) is 1.81. The molecule has 0 aromatic heterocycles. The van der Waals surface area contributed by atoms with Gasteiger partial charge < -0.3 is 9.50 Å². The molecular formula is C10H17NO5S2. The van der Waals surface area contributed by atoms with Crippen LogP contribution in [0.3, 0.4) is 0 Å². The molecule has 6 nitrogen and oxygen atoms in total. The molecule has 1 aliphatic heterocycles. The fourth-order valence-electron chi connectivity index (χ4n) is 1.46. The van der Waals surface area contributed by atoms with Crippen molar-refractivity contribution in [3.8, 4) is 0 Å². The topological polar surface area (TPSA) is 89.5 Å². The minimum absolute atomic E-state index is 0.0864. The Hall–Kier alpha value is -0.600. The molecule has 0 spiro atoms. The Morgan fingerprint density at radius 3 is 2.67 bits per heavy atom. The van der Waals surface area contributed by atoms with E-state index < -0.39 is 27.4 Å². The number of carbonyl (C=O) groups is 2. The summed E-state index contributed by atoms with van der Waals surface area (Å²) in [6.45, 7) is 3.47. The first-order chi connectivity index (χ1) is 8.33. The summed E-state index contributed by atoms with van der Waals surface area (Å²) in [6, 6.07) is -0.535. The third kappa shape index (κ3) is 4.58. The first-order valence-electron chi connectivity index (χ1n) is 5.67. The smallest absolute Gasteiger partial charge is 0.338 e. The Balaban J connectivity index is 2.52. The maximum absolute atomic E-state index is 11.7. The van der Waals surface area contributed by atoms with Crippen molar-refractivity contribution in [2.45, 2.75) is 38.0 Å². The molecule has 8 heteroatoms. The Morgan fingerprint density at radius 2 is 2.17 bits per heavy atom. The maximum atomic E-state index is 11.7. The highest BCUT2D eigenvalue weighted by atomic mass is 32.2. The van der Waals surface area contributed by atoms with Crippen LogP contribution in [0.2, 0.25) is 0 Å². The van der Waals surface area contributed by atoms with E-state index in [0.717, 1.165) is 18.2 Å². The lowest BCUT2D eigenvalue weighted by Gasteiger charge is -2.14. The second-order valence-electron chi connectivity index (χ2n) is 4.16. The van der Waals surface area contributed by atoms with Gasteiger partial charge in [0.1, 0.15) is 11.3 Å². The molecule has 104 valence electrons. The minimum atomic E-state index is -3.96. The fourth-order valence-corrected chi connectivity index (χ4v) is 3.31. The van der Waals surface area contributed by atoms with Crippen LogP contribution in [0.1, 0.15) is 26.7 Å². The lowest BCUT2D eigenvalue weighted by molar-refractivity contribution is -0.135. The van der Waals surface area contributed by atoms with Crippen LogP contribution in [0.15, 0.2) is 0 Å². The molecule has 1 saturated heterocycles. The first-order valence-corrected chi connectivity index (χ1v) is 8.12. The van der Waals surface area contributed by atoms with Crippen LogP contribution in [0, 0.1) is 0 Å². The van der Waals surface area contributed by atoms with Gasteiger partial charge in [-0.25, -0.2) is 4.79 Å². The summed E-state index contributed by atoms with van der Waals surface area (Å²) in [5.74, 6) is -0.671. The van der Waals surface area contributed by atoms with Gasteiger partial charge in [-0.1, -0.05) is 11.8 Å². The second kappa shape index (κ2) is 6.53. The molecule has 18 heavy (non-hydrogen) atoms. The number of carbonyl (C=O) groups excluding carboxylic acids is 2. The average Bonchev–Trinajstić information content (AvgIpc) is 2.78. The van der Waals surface area contributed by atoms with Gasteiger partial charge in [0.05, 0.1) is 0 Å². The monoisotopic (exact) mass is 295 g/mol. The molecule has 1 aliphatic rings. The van der Waals surface area contributed by atoms with Gasteiger partial charge in [-0.2, -0.15) is 8.42 Å². The average molecular weight is 295 g/mol. The molecule has 1 unspecified atom stereocenters.